The predicted octanol–water partition coefficient (Wildman–Crippen LogP) is 3.54. The third-order valence-electron chi connectivity index (χ3n) is 2.40. The maximum atomic E-state index is 12.1. The van der Waals surface area contributed by atoms with Gasteiger partial charge in [0.2, 0.25) is 10.0 Å². The van der Waals surface area contributed by atoms with E-state index in [0.717, 1.165) is 5.39 Å². The minimum Gasteiger partial charge on any atom is -0.264 e. The normalized spacial score (nSPS) is 10.3. The van der Waals surface area contributed by atoms with Crippen molar-refractivity contribution in [2.75, 3.05) is 14.1 Å². The Morgan fingerprint density at radius 3 is 2.15 bits per heavy atom. The summed E-state index contributed by atoms with van der Waals surface area (Å²) in [6.07, 6.45) is 3.25. The van der Waals surface area contributed by atoms with Gasteiger partial charge in [-0.05, 0) is 12.1 Å². The monoisotopic (exact) mass is 296 g/mol. The molecule has 0 amide bonds. The first-order chi connectivity index (χ1) is 9.53. The molecule has 0 aliphatic rings. The molecule has 0 aliphatic carbocycles. The number of hydrogen-bond acceptors (Lipinski definition) is 3. The van der Waals surface area contributed by atoms with Crippen molar-refractivity contribution in [2.45, 2.75) is 32.6 Å². The molecule has 5 heteroatoms. The number of sulfonamides is 1. The number of aromatic nitrogens is 1. The zero-order chi connectivity index (χ0) is 15.8. The molecular weight excluding hydrogens is 272 g/mol. The lowest BCUT2D eigenvalue weighted by atomic mass is 10.2. The van der Waals surface area contributed by atoms with Crippen molar-refractivity contribution in [3.63, 3.8) is 0 Å². The molecule has 0 N–H and O–H groups in total. The molecule has 1 aromatic heterocycles. The zero-order valence-corrected chi connectivity index (χ0v) is 13.9. The highest BCUT2D eigenvalue weighted by Crippen LogP contribution is 2.23. The van der Waals surface area contributed by atoms with Crippen molar-refractivity contribution in [1.29, 1.82) is 0 Å². The van der Waals surface area contributed by atoms with Gasteiger partial charge in [0.25, 0.3) is 0 Å². The van der Waals surface area contributed by atoms with E-state index in [1.165, 1.54) is 18.4 Å². The van der Waals surface area contributed by atoms with Crippen molar-refractivity contribution in [2.24, 2.45) is 0 Å². The summed E-state index contributed by atoms with van der Waals surface area (Å²) in [6.45, 7) is 8.00. The van der Waals surface area contributed by atoms with Gasteiger partial charge in [0.15, 0.2) is 0 Å². The van der Waals surface area contributed by atoms with Crippen LogP contribution in [0.4, 0.5) is 0 Å². The minimum absolute atomic E-state index is 0.317. The average Bonchev–Trinajstić information content (AvgIpc) is 2.50. The molecule has 0 bridgehead atoms. The molecule has 0 atom stereocenters. The van der Waals surface area contributed by atoms with Crippen LogP contribution in [0.2, 0.25) is 0 Å². The van der Waals surface area contributed by atoms with Crippen molar-refractivity contribution in [3.05, 3.63) is 36.7 Å². The van der Waals surface area contributed by atoms with Crippen LogP contribution in [0.25, 0.3) is 10.8 Å². The van der Waals surface area contributed by atoms with Gasteiger partial charge in [-0.25, -0.2) is 12.7 Å². The Hall–Kier alpha value is -1.46. The van der Waals surface area contributed by atoms with Crippen LogP contribution in [0.15, 0.2) is 41.6 Å². The molecule has 0 spiro atoms. The first kappa shape index (κ1) is 18.5. The molecule has 2 rings (SSSR count). The summed E-state index contributed by atoms with van der Waals surface area (Å²) in [5.41, 5.74) is 0. The fourth-order valence-electron chi connectivity index (χ4n) is 1.51. The number of hydrogen-bond donors (Lipinski definition) is 0. The van der Waals surface area contributed by atoms with E-state index in [2.05, 4.69) is 4.98 Å². The van der Waals surface area contributed by atoms with Crippen LogP contribution in [0, 0.1) is 0 Å². The molecule has 0 fully saturated rings. The zero-order valence-electron chi connectivity index (χ0n) is 13.1. The number of rotatable bonds is 2. The highest BCUT2D eigenvalue weighted by atomic mass is 32.2. The highest BCUT2D eigenvalue weighted by molar-refractivity contribution is 7.89. The Morgan fingerprint density at radius 2 is 1.60 bits per heavy atom. The van der Waals surface area contributed by atoms with Gasteiger partial charge in [-0.3, -0.25) is 4.98 Å². The number of fused-ring (bicyclic) bond motifs is 1. The van der Waals surface area contributed by atoms with Gasteiger partial charge in [0.1, 0.15) is 0 Å². The molecule has 0 unspecified atom stereocenters. The quantitative estimate of drug-likeness (QED) is 0.851. The number of nitrogens with zero attached hydrogens (tertiary/aromatic N) is 2. The van der Waals surface area contributed by atoms with Gasteiger partial charge >= 0.3 is 0 Å². The summed E-state index contributed by atoms with van der Waals surface area (Å²) in [7, 11) is -0.352. The Labute approximate surface area is 122 Å². The van der Waals surface area contributed by atoms with E-state index in [4.69, 9.17) is 0 Å². The lowest BCUT2D eigenvalue weighted by molar-refractivity contribution is 0.521. The SMILES string of the molecule is CC.CC.CN(C)S(=O)(=O)c1cccc2cnccc12. The molecule has 2 aromatic rings. The lowest BCUT2D eigenvalue weighted by Crippen LogP contribution is -2.22. The maximum Gasteiger partial charge on any atom is 0.243 e. The number of pyridine rings is 1. The third-order valence-corrected chi connectivity index (χ3v) is 4.27. The fraction of sp³-hybridized carbons (Fsp3) is 0.400. The topological polar surface area (TPSA) is 50.3 Å². The first-order valence-corrected chi connectivity index (χ1v) is 8.23. The third kappa shape index (κ3) is 4.02. The van der Waals surface area contributed by atoms with Crippen LogP contribution in [-0.4, -0.2) is 31.8 Å². The summed E-state index contributed by atoms with van der Waals surface area (Å²) >= 11 is 0. The van der Waals surface area contributed by atoms with Crippen LogP contribution in [0.1, 0.15) is 27.7 Å². The molecule has 20 heavy (non-hydrogen) atoms. The van der Waals surface area contributed by atoms with E-state index in [1.807, 2.05) is 33.8 Å². The summed E-state index contributed by atoms with van der Waals surface area (Å²) in [4.78, 5) is 4.29. The molecule has 112 valence electrons. The van der Waals surface area contributed by atoms with Crippen molar-refractivity contribution < 1.29 is 8.42 Å². The molecular formula is C15H24N2O2S. The molecule has 0 radical (unpaired) electrons. The van der Waals surface area contributed by atoms with Gasteiger partial charge in [0, 0.05) is 37.3 Å². The Balaban J connectivity index is 0.000000829. The van der Waals surface area contributed by atoms with Gasteiger partial charge in [0.05, 0.1) is 4.90 Å². The maximum absolute atomic E-state index is 12.1. The van der Waals surface area contributed by atoms with Gasteiger partial charge in [-0.1, -0.05) is 39.8 Å². The van der Waals surface area contributed by atoms with Gasteiger partial charge < -0.3 is 0 Å². The van der Waals surface area contributed by atoms with Gasteiger partial charge in [-0.2, -0.15) is 0 Å². The van der Waals surface area contributed by atoms with Gasteiger partial charge in [-0.15, -0.1) is 0 Å². The number of benzene rings is 1. The predicted molar refractivity (Wildman–Crippen MR) is 85.3 cm³/mol. The summed E-state index contributed by atoms with van der Waals surface area (Å²) in [5, 5.41) is 1.52. The van der Waals surface area contributed by atoms with E-state index in [0.29, 0.717) is 10.3 Å². The molecule has 4 nitrogen and oxygen atoms in total. The largest absolute Gasteiger partial charge is 0.264 e. The average molecular weight is 296 g/mol. The van der Waals surface area contributed by atoms with Crippen molar-refractivity contribution in [1.82, 2.24) is 9.29 Å². The van der Waals surface area contributed by atoms with Crippen LogP contribution in [0.5, 0.6) is 0 Å². The summed E-state index contributed by atoms with van der Waals surface area (Å²) < 4.78 is 25.3. The van der Waals surface area contributed by atoms with E-state index < -0.39 is 10.0 Å². The highest BCUT2D eigenvalue weighted by Gasteiger charge is 2.19. The molecule has 0 saturated heterocycles. The first-order valence-electron chi connectivity index (χ1n) is 6.79. The lowest BCUT2D eigenvalue weighted by Gasteiger charge is -2.13. The smallest absolute Gasteiger partial charge is 0.243 e. The van der Waals surface area contributed by atoms with Crippen LogP contribution < -0.4 is 0 Å². The summed E-state index contributed by atoms with van der Waals surface area (Å²) in [5.74, 6) is 0. The van der Waals surface area contributed by atoms with Crippen LogP contribution in [0.3, 0.4) is 0 Å². The standard InChI is InChI=1S/C11H12N2O2S.2C2H6/c1-13(2)16(14,15)11-5-3-4-9-8-12-7-6-10(9)11;2*1-2/h3-8H,1-2H3;2*1-2H3. The second kappa shape index (κ2) is 8.66. The Kier molecular flexibility index (Phi) is 8.03. The minimum atomic E-state index is -3.40. The van der Waals surface area contributed by atoms with Crippen LogP contribution >= 0.6 is 0 Å². The van der Waals surface area contributed by atoms with Crippen molar-refractivity contribution in [3.8, 4) is 0 Å². The molecule has 1 aromatic carbocycles. The second-order valence-electron chi connectivity index (χ2n) is 3.64. The fourth-order valence-corrected chi connectivity index (χ4v) is 2.62. The van der Waals surface area contributed by atoms with Crippen LogP contribution in [-0.2, 0) is 10.0 Å². The van der Waals surface area contributed by atoms with E-state index in [-0.39, 0.29) is 0 Å². The van der Waals surface area contributed by atoms with E-state index in [9.17, 15) is 8.42 Å². The van der Waals surface area contributed by atoms with Crippen molar-refractivity contribution >= 4 is 20.8 Å². The second-order valence-corrected chi connectivity index (χ2v) is 5.76. The Morgan fingerprint density at radius 1 is 1.00 bits per heavy atom. The molecule has 0 saturated carbocycles. The Bertz CT molecular complexity index is 617. The van der Waals surface area contributed by atoms with E-state index in [1.54, 1.807) is 30.6 Å². The summed E-state index contributed by atoms with van der Waals surface area (Å²) in [6, 6.07) is 6.89. The molecule has 0 aliphatic heterocycles. The molecule has 1 heterocycles. The van der Waals surface area contributed by atoms with E-state index >= 15 is 0 Å².